The fourth-order valence-electron chi connectivity index (χ4n) is 4.17. The van der Waals surface area contributed by atoms with Crippen LogP contribution in [0.2, 0.25) is 0 Å². The van der Waals surface area contributed by atoms with Gasteiger partial charge in [0.15, 0.2) is 0 Å². The molecule has 3 aliphatic rings. The van der Waals surface area contributed by atoms with Crippen LogP contribution in [0.15, 0.2) is 18.3 Å². The van der Waals surface area contributed by atoms with E-state index in [0.29, 0.717) is 29.9 Å². The standard InChI is InChI=1S/C20H28N4O2S/c25-19-2-1-8-24(19)13-15-5-9-23(10-6-15)20(26)16-3-4-18(21-12-16)22-17-7-11-27-14-17/h3-4,12,15,17H,1-2,5-11,13-14H2,(H,21,22)/t17-/m0/s1. The van der Waals surface area contributed by atoms with Gasteiger partial charge in [-0.1, -0.05) is 0 Å². The van der Waals surface area contributed by atoms with Crippen LogP contribution in [0.25, 0.3) is 0 Å². The molecule has 0 radical (unpaired) electrons. The topological polar surface area (TPSA) is 65.5 Å². The zero-order valence-electron chi connectivity index (χ0n) is 15.7. The van der Waals surface area contributed by atoms with Crippen LogP contribution in [0.1, 0.15) is 42.5 Å². The molecule has 2 amide bonds. The van der Waals surface area contributed by atoms with Crippen LogP contribution < -0.4 is 5.32 Å². The number of nitrogens with zero attached hydrogens (tertiary/aromatic N) is 3. The maximum Gasteiger partial charge on any atom is 0.255 e. The number of rotatable bonds is 5. The molecule has 0 aliphatic carbocycles. The molecular weight excluding hydrogens is 360 g/mol. The molecule has 6 nitrogen and oxygen atoms in total. The SMILES string of the molecule is O=C1CCCN1CC1CCN(C(=O)c2ccc(N[C@H]3CCSC3)nc2)CC1. The Bertz CT molecular complexity index is 667. The fourth-order valence-corrected chi connectivity index (χ4v) is 5.33. The van der Waals surface area contributed by atoms with Gasteiger partial charge in [0, 0.05) is 50.6 Å². The van der Waals surface area contributed by atoms with Crippen molar-refractivity contribution in [2.45, 2.75) is 38.1 Å². The predicted molar refractivity (Wildman–Crippen MR) is 108 cm³/mol. The number of hydrogen-bond acceptors (Lipinski definition) is 5. The minimum atomic E-state index is 0.0705. The Balaban J connectivity index is 1.26. The molecule has 1 aromatic rings. The Hall–Kier alpha value is -1.76. The lowest BCUT2D eigenvalue weighted by Crippen LogP contribution is -2.41. The Labute approximate surface area is 165 Å². The Morgan fingerprint density at radius 3 is 2.70 bits per heavy atom. The summed E-state index contributed by atoms with van der Waals surface area (Å²) in [7, 11) is 0. The van der Waals surface area contributed by atoms with E-state index < -0.39 is 0 Å². The van der Waals surface area contributed by atoms with E-state index in [-0.39, 0.29) is 5.91 Å². The molecule has 1 aromatic heterocycles. The molecule has 3 fully saturated rings. The summed E-state index contributed by atoms with van der Waals surface area (Å²) >= 11 is 1.97. The summed E-state index contributed by atoms with van der Waals surface area (Å²) in [5.74, 6) is 4.07. The van der Waals surface area contributed by atoms with Crippen LogP contribution in [0.5, 0.6) is 0 Å². The Morgan fingerprint density at radius 1 is 1.22 bits per heavy atom. The number of anilines is 1. The lowest BCUT2D eigenvalue weighted by molar-refractivity contribution is -0.128. The number of carbonyl (C=O) groups excluding carboxylic acids is 2. The number of likely N-dealkylation sites (tertiary alicyclic amines) is 2. The molecule has 27 heavy (non-hydrogen) atoms. The quantitative estimate of drug-likeness (QED) is 0.839. The van der Waals surface area contributed by atoms with Crippen molar-refractivity contribution >= 4 is 29.4 Å². The van der Waals surface area contributed by atoms with Crippen LogP contribution >= 0.6 is 11.8 Å². The van der Waals surface area contributed by atoms with E-state index >= 15 is 0 Å². The zero-order chi connectivity index (χ0) is 18.6. The van der Waals surface area contributed by atoms with Crippen LogP contribution in [0.4, 0.5) is 5.82 Å². The normalized spacial score (nSPS) is 23.9. The van der Waals surface area contributed by atoms with E-state index in [0.717, 1.165) is 57.0 Å². The molecule has 0 bridgehead atoms. The second kappa shape index (κ2) is 8.50. The summed E-state index contributed by atoms with van der Waals surface area (Å²) in [6.45, 7) is 3.31. The van der Waals surface area contributed by atoms with Crippen LogP contribution in [-0.2, 0) is 4.79 Å². The fraction of sp³-hybridized carbons (Fsp3) is 0.650. The van der Waals surface area contributed by atoms with Gasteiger partial charge in [0.2, 0.25) is 5.91 Å². The van der Waals surface area contributed by atoms with Gasteiger partial charge in [0.1, 0.15) is 5.82 Å². The van der Waals surface area contributed by atoms with Crippen molar-refractivity contribution in [3.63, 3.8) is 0 Å². The van der Waals surface area contributed by atoms with Gasteiger partial charge in [-0.15, -0.1) is 0 Å². The lowest BCUT2D eigenvalue weighted by atomic mass is 9.96. The first-order valence-electron chi connectivity index (χ1n) is 10.1. The second-order valence-corrected chi connectivity index (χ2v) is 8.97. The van der Waals surface area contributed by atoms with E-state index in [2.05, 4.69) is 10.3 Å². The minimum absolute atomic E-state index is 0.0705. The van der Waals surface area contributed by atoms with Gasteiger partial charge in [-0.05, 0) is 49.5 Å². The number of thioether (sulfide) groups is 1. The van der Waals surface area contributed by atoms with Crippen molar-refractivity contribution in [2.24, 2.45) is 5.92 Å². The highest BCUT2D eigenvalue weighted by Gasteiger charge is 2.28. The van der Waals surface area contributed by atoms with Gasteiger partial charge in [-0.3, -0.25) is 9.59 Å². The summed E-state index contributed by atoms with van der Waals surface area (Å²) < 4.78 is 0. The molecule has 4 rings (SSSR count). The van der Waals surface area contributed by atoms with Gasteiger partial charge in [0.25, 0.3) is 5.91 Å². The maximum atomic E-state index is 12.8. The highest BCUT2D eigenvalue weighted by atomic mass is 32.2. The number of pyridine rings is 1. The molecule has 4 heterocycles. The summed E-state index contributed by atoms with van der Waals surface area (Å²) in [6, 6.07) is 4.29. The molecule has 7 heteroatoms. The van der Waals surface area contributed by atoms with Crippen molar-refractivity contribution in [1.82, 2.24) is 14.8 Å². The maximum absolute atomic E-state index is 12.8. The highest BCUT2D eigenvalue weighted by molar-refractivity contribution is 7.99. The molecule has 3 aliphatic heterocycles. The van der Waals surface area contributed by atoms with Crippen molar-refractivity contribution in [2.75, 3.05) is 43.0 Å². The van der Waals surface area contributed by atoms with Gasteiger partial charge in [-0.25, -0.2) is 4.98 Å². The van der Waals surface area contributed by atoms with Crippen molar-refractivity contribution in [1.29, 1.82) is 0 Å². The third-order valence-electron chi connectivity index (χ3n) is 5.84. The molecule has 1 N–H and O–H groups in total. The van der Waals surface area contributed by atoms with Gasteiger partial charge < -0.3 is 15.1 Å². The molecular formula is C20H28N4O2S. The van der Waals surface area contributed by atoms with E-state index in [4.69, 9.17) is 0 Å². The molecule has 1 atom stereocenters. The van der Waals surface area contributed by atoms with Gasteiger partial charge in [-0.2, -0.15) is 11.8 Å². The van der Waals surface area contributed by atoms with E-state index in [9.17, 15) is 9.59 Å². The van der Waals surface area contributed by atoms with Crippen molar-refractivity contribution in [3.8, 4) is 0 Å². The number of hydrogen-bond donors (Lipinski definition) is 1. The summed E-state index contributed by atoms with van der Waals surface area (Å²) in [5.41, 5.74) is 0.662. The average molecular weight is 389 g/mol. The first-order valence-corrected chi connectivity index (χ1v) is 11.2. The van der Waals surface area contributed by atoms with Crippen molar-refractivity contribution < 1.29 is 9.59 Å². The summed E-state index contributed by atoms with van der Waals surface area (Å²) in [4.78, 5) is 32.9. The largest absolute Gasteiger partial charge is 0.366 e. The Morgan fingerprint density at radius 2 is 2.07 bits per heavy atom. The number of amides is 2. The van der Waals surface area contributed by atoms with Crippen LogP contribution in [-0.4, -0.2) is 70.3 Å². The van der Waals surface area contributed by atoms with E-state index in [1.165, 1.54) is 12.2 Å². The van der Waals surface area contributed by atoms with Gasteiger partial charge >= 0.3 is 0 Å². The smallest absolute Gasteiger partial charge is 0.255 e. The van der Waals surface area contributed by atoms with Crippen molar-refractivity contribution in [3.05, 3.63) is 23.9 Å². The summed E-state index contributed by atoms with van der Waals surface area (Å²) in [5, 5.41) is 3.44. The lowest BCUT2D eigenvalue weighted by Gasteiger charge is -2.34. The zero-order valence-corrected chi connectivity index (χ0v) is 16.5. The molecule has 0 saturated carbocycles. The van der Waals surface area contributed by atoms with Gasteiger partial charge in [0.05, 0.1) is 5.56 Å². The monoisotopic (exact) mass is 388 g/mol. The molecule has 0 unspecified atom stereocenters. The first-order chi connectivity index (χ1) is 13.2. The number of nitrogens with one attached hydrogen (secondary N) is 1. The highest BCUT2D eigenvalue weighted by Crippen LogP contribution is 2.23. The molecule has 3 saturated heterocycles. The molecule has 146 valence electrons. The third-order valence-corrected chi connectivity index (χ3v) is 7.01. The van der Waals surface area contributed by atoms with E-state index in [1.807, 2.05) is 33.7 Å². The van der Waals surface area contributed by atoms with Crippen LogP contribution in [0.3, 0.4) is 0 Å². The number of piperidine rings is 1. The second-order valence-electron chi connectivity index (χ2n) is 7.82. The predicted octanol–water partition coefficient (Wildman–Crippen LogP) is 2.47. The molecule has 0 spiro atoms. The first kappa shape index (κ1) is 18.6. The van der Waals surface area contributed by atoms with Crippen LogP contribution in [0, 0.1) is 5.92 Å². The third kappa shape index (κ3) is 4.57. The minimum Gasteiger partial charge on any atom is -0.366 e. The van der Waals surface area contributed by atoms with E-state index in [1.54, 1.807) is 6.20 Å². The Kier molecular flexibility index (Phi) is 5.86. The molecule has 0 aromatic carbocycles. The average Bonchev–Trinajstić information content (AvgIpc) is 3.35. The number of aromatic nitrogens is 1. The summed E-state index contributed by atoms with van der Waals surface area (Å²) in [6.07, 6.45) is 6.51. The number of carbonyl (C=O) groups is 2.